The van der Waals surface area contributed by atoms with E-state index < -0.39 is 0 Å². The fraction of sp³-hybridized carbons (Fsp3) is 0.312. The molecule has 7 heteroatoms. The number of hydrogen-bond donors (Lipinski definition) is 0. The predicted molar refractivity (Wildman–Crippen MR) is 85.2 cm³/mol. The van der Waals surface area contributed by atoms with Crippen LogP contribution in [-0.4, -0.2) is 31.9 Å². The van der Waals surface area contributed by atoms with Gasteiger partial charge in [0.15, 0.2) is 11.3 Å². The molecule has 118 valence electrons. The molecule has 1 amide bonds. The van der Waals surface area contributed by atoms with Gasteiger partial charge in [0.25, 0.3) is 5.91 Å². The molecule has 1 aliphatic heterocycles. The van der Waals surface area contributed by atoms with Crippen LogP contribution in [0.3, 0.4) is 0 Å². The molecule has 0 aliphatic carbocycles. The Labute approximate surface area is 136 Å². The van der Waals surface area contributed by atoms with Crippen LogP contribution in [0.5, 0.6) is 0 Å². The van der Waals surface area contributed by atoms with Gasteiger partial charge >= 0.3 is 0 Å². The Bertz CT molecular complexity index is 916. The van der Waals surface area contributed by atoms with Crippen LogP contribution < -0.4 is 0 Å². The summed E-state index contributed by atoms with van der Waals surface area (Å²) in [6, 6.07) is 1.39. The summed E-state index contributed by atoms with van der Waals surface area (Å²) >= 11 is 1.43. The summed E-state index contributed by atoms with van der Waals surface area (Å²) in [6.45, 7) is 4.36. The van der Waals surface area contributed by atoms with Gasteiger partial charge in [-0.1, -0.05) is 0 Å². The average Bonchev–Trinajstić information content (AvgIpc) is 3.11. The molecule has 0 aromatic carbocycles. The van der Waals surface area contributed by atoms with Crippen LogP contribution >= 0.6 is 11.3 Å². The molecule has 4 rings (SSSR count). The van der Waals surface area contributed by atoms with E-state index in [-0.39, 0.29) is 17.8 Å². The highest BCUT2D eigenvalue weighted by atomic mass is 32.1. The minimum absolute atomic E-state index is 0.183. The minimum atomic E-state index is -0.281. The van der Waals surface area contributed by atoms with Gasteiger partial charge < -0.3 is 4.90 Å². The Balaban J connectivity index is 1.69. The van der Waals surface area contributed by atoms with E-state index in [9.17, 15) is 9.18 Å². The molecule has 0 spiro atoms. The molecule has 0 saturated heterocycles. The zero-order valence-electron chi connectivity index (χ0n) is 12.8. The number of carbonyl (C=O) groups excluding carboxylic acids is 1. The standard InChI is InChI=1S/C16H15FN4OS/c1-9-6-18-14-5-12(19-21(14)7-9)16(22)20-4-3-13-15(10(20)2)11(17)8-23-13/h5-8,10H,3-4H2,1-2H3. The smallest absolute Gasteiger partial charge is 0.274 e. The van der Waals surface area contributed by atoms with Gasteiger partial charge in [0, 0.05) is 40.8 Å². The molecule has 23 heavy (non-hydrogen) atoms. The van der Waals surface area contributed by atoms with Gasteiger partial charge in [-0.3, -0.25) is 4.79 Å². The third-order valence-electron chi connectivity index (χ3n) is 4.25. The molecule has 0 radical (unpaired) electrons. The molecule has 1 unspecified atom stereocenters. The van der Waals surface area contributed by atoms with Gasteiger partial charge in [-0.25, -0.2) is 13.9 Å². The molecule has 4 heterocycles. The van der Waals surface area contributed by atoms with E-state index >= 15 is 0 Å². The van der Waals surface area contributed by atoms with Crippen LogP contribution in [0.4, 0.5) is 4.39 Å². The van der Waals surface area contributed by atoms with Crippen molar-refractivity contribution in [1.82, 2.24) is 19.5 Å². The molecule has 1 aliphatic rings. The molecule has 1 atom stereocenters. The number of nitrogens with zero attached hydrogens (tertiary/aromatic N) is 4. The van der Waals surface area contributed by atoms with Gasteiger partial charge in [0.05, 0.1) is 6.04 Å². The first-order chi connectivity index (χ1) is 11.0. The van der Waals surface area contributed by atoms with Crippen LogP contribution in [0.25, 0.3) is 5.65 Å². The van der Waals surface area contributed by atoms with Crippen molar-refractivity contribution < 1.29 is 9.18 Å². The van der Waals surface area contributed by atoms with E-state index in [0.29, 0.717) is 29.9 Å². The van der Waals surface area contributed by atoms with Gasteiger partial charge in [-0.2, -0.15) is 5.10 Å². The first-order valence-corrected chi connectivity index (χ1v) is 8.31. The zero-order valence-corrected chi connectivity index (χ0v) is 13.6. The first-order valence-electron chi connectivity index (χ1n) is 7.43. The lowest BCUT2D eigenvalue weighted by Crippen LogP contribution is -2.38. The maximum atomic E-state index is 14.0. The van der Waals surface area contributed by atoms with Crippen LogP contribution in [0.15, 0.2) is 23.8 Å². The number of halogens is 1. The molecular formula is C16H15FN4OS. The van der Waals surface area contributed by atoms with Crippen LogP contribution in [-0.2, 0) is 6.42 Å². The van der Waals surface area contributed by atoms with Crippen LogP contribution in [0.1, 0.15) is 39.5 Å². The third-order valence-corrected chi connectivity index (χ3v) is 5.28. The lowest BCUT2D eigenvalue weighted by molar-refractivity contribution is 0.0669. The number of amides is 1. The van der Waals surface area contributed by atoms with E-state index in [2.05, 4.69) is 10.1 Å². The second-order valence-electron chi connectivity index (χ2n) is 5.81. The summed E-state index contributed by atoms with van der Waals surface area (Å²) in [5, 5.41) is 5.84. The quantitative estimate of drug-likeness (QED) is 0.689. The average molecular weight is 330 g/mol. The SMILES string of the molecule is Cc1cnc2cc(C(=O)N3CCc4scc(F)c4C3C)nn2c1. The highest BCUT2D eigenvalue weighted by molar-refractivity contribution is 7.10. The maximum absolute atomic E-state index is 14.0. The van der Waals surface area contributed by atoms with Crippen molar-refractivity contribution in [2.75, 3.05) is 6.54 Å². The van der Waals surface area contributed by atoms with Gasteiger partial charge in [-0.15, -0.1) is 11.3 Å². The van der Waals surface area contributed by atoms with Crippen molar-refractivity contribution in [2.24, 2.45) is 0 Å². The summed E-state index contributed by atoms with van der Waals surface area (Å²) in [5.74, 6) is -0.404. The third kappa shape index (κ3) is 2.23. The zero-order chi connectivity index (χ0) is 16.1. The lowest BCUT2D eigenvalue weighted by atomic mass is 10.0. The molecular weight excluding hydrogens is 315 g/mol. The summed E-state index contributed by atoms with van der Waals surface area (Å²) in [6.07, 6.45) is 4.25. The van der Waals surface area contributed by atoms with E-state index in [4.69, 9.17) is 0 Å². The second-order valence-corrected chi connectivity index (χ2v) is 6.77. The Morgan fingerprint density at radius 2 is 2.30 bits per heavy atom. The van der Waals surface area contributed by atoms with Crippen LogP contribution in [0.2, 0.25) is 0 Å². The van der Waals surface area contributed by atoms with E-state index in [1.54, 1.807) is 21.7 Å². The Hall–Kier alpha value is -2.28. The topological polar surface area (TPSA) is 50.5 Å². The van der Waals surface area contributed by atoms with Crippen molar-refractivity contribution in [3.05, 3.63) is 51.4 Å². The first kappa shape index (κ1) is 14.3. The Kier molecular flexibility index (Phi) is 3.19. The fourth-order valence-electron chi connectivity index (χ4n) is 3.08. The van der Waals surface area contributed by atoms with Crippen molar-refractivity contribution >= 4 is 22.9 Å². The number of aromatic nitrogens is 3. The monoisotopic (exact) mass is 330 g/mol. The molecule has 3 aromatic heterocycles. The summed E-state index contributed by atoms with van der Waals surface area (Å²) in [5.41, 5.74) is 2.59. The molecule has 0 bridgehead atoms. The lowest BCUT2D eigenvalue weighted by Gasteiger charge is -2.33. The van der Waals surface area contributed by atoms with Crippen molar-refractivity contribution in [3.8, 4) is 0 Å². The largest absolute Gasteiger partial charge is 0.330 e. The van der Waals surface area contributed by atoms with E-state index in [1.807, 2.05) is 20.0 Å². The maximum Gasteiger partial charge on any atom is 0.274 e. The van der Waals surface area contributed by atoms with Gasteiger partial charge in [-0.05, 0) is 25.8 Å². The predicted octanol–water partition coefficient (Wildman–Crippen LogP) is 3.00. The van der Waals surface area contributed by atoms with Crippen molar-refractivity contribution in [3.63, 3.8) is 0 Å². The van der Waals surface area contributed by atoms with Crippen LogP contribution in [0, 0.1) is 12.7 Å². The van der Waals surface area contributed by atoms with Crippen molar-refractivity contribution in [1.29, 1.82) is 0 Å². The summed E-state index contributed by atoms with van der Waals surface area (Å²) in [4.78, 5) is 19.8. The fourth-order valence-corrected chi connectivity index (χ4v) is 4.06. The molecule has 0 fully saturated rings. The minimum Gasteiger partial charge on any atom is -0.330 e. The molecule has 5 nitrogen and oxygen atoms in total. The highest BCUT2D eigenvalue weighted by Gasteiger charge is 2.32. The van der Waals surface area contributed by atoms with E-state index in [0.717, 1.165) is 10.4 Å². The van der Waals surface area contributed by atoms with Gasteiger partial charge in [0.1, 0.15) is 5.82 Å². The number of thiophene rings is 1. The highest BCUT2D eigenvalue weighted by Crippen LogP contribution is 2.36. The van der Waals surface area contributed by atoms with Crippen molar-refractivity contribution in [2.45, 2.75) is 26.3 Å². The number of hydrogen-bond acceptors (Lipinski definition) is 4. The normalized spacial score (nSPS) is 17.5. The Morgan fingerprint density at radius 1 is 1.48 bits per heavy atom. The van der Waals surface area contributed by atoms with E-state index in [1.165, 1.54) is 16.7 Å². The molecule has 0 N–H and O–H groups in total. The number of carbonyl (C=O) groups is 1. The summed E-state index contributed by atoms with van der Waals surface area (Å²) < 4.78 is 15.6. The van der Waals surface area contributed by atoms with Gasteiger partial charge in [0.2, 0.25) is 0 Å². The molecule has 0 saturated carbocycles. The number of aryl methyl sites for hydroxylation is 1. The Morgan fingerprint density at radius 3 is 3.13 bits per heavy atom. The number of rotatable bonds is 1. The second kappa shape index (κ2) is 5.13. The summed E-state index contributed by atoms with van der Waals surface area (Å²) in [7, 11) is 0. The number of fused-ring (bicyclic) bond motifs is 2. The molecule has 3 aromatic rings.